The molecule has 2 atom stereocenters. The normalized spacial score (nSPS) is 22.6. The molecule has 2 heterocycles. The van der Waals surface area contributed by atoms with Crippen molar-refractivity contribution in [3.8, 4) is 11.5 Å². The van der Waals surface area contributed by atoms with Gasteiger partial charge in [-0.15, -0.1) is 0 Å². The molecule has 2 bridgehead atoms. The molecule has 0 amide bonds. The summed E-state index contributed by atoms with van der Waals surface area (Å²) in [6.45, 7) is 4.61. The minimum Gasteiger partial charge on any atom is -0.494 e. The average Bonchev–Trinajstić information content (AvgIpc) is 2.68. The Balaban J connectivity index is 1.68. The van der Waals surface area contributed by atoms with Crippen molar-refractivity contribution in [2.75, 3.05) is 18.6 Å². The number of esters is 1. The van der Waals surface area contributed by atoms with E-state index in [0.717, 1.165) is 22.7 Å². The Morgan fingerprint density at radius 3 is 2.75 bits per heavy atom. The SMILES string of the molecule is CCOc1ccc(N2C(=S)N[C@H]3C[C@@]2(C)Oc2ccc(C(=O)OC)cc23)cc1. The fourth-order valence-corrected chi connectivity index (χ4v) is 4.31. The maximum Gasteiger partial charge on any atom is 0.337 e. The molecule has 4 rings (SSSR count). The summed E-state index contributed by atoms with van der Waals surface area (Å²) in [5, 5.41) is 3.98. The van der Waals surface area contributed by atoms with Crippen LogP contribution in [0, 0.1) is 0 Å². The van der Waals surface area contributed by atoms with Crippen LogP contribution in [0.15, 0.2) is 42.5 Å². The summed E-state index contributed by atoms with van der Waals surface area (Å²) >= 11 is 5.67. The summed E-state index contributed by atoms with van der Waals surface area (Å²) in [7, 11) is 1.37. The van der Waals surface area contributed by atoms with Crippen molar-refractivity contribution in [3.05, 3.63) is 53.6 Å². The van der Waals surface area contributed by atoms with Crippen molar-refractivity contribution in [1.82, 2.24) is 5.32 Å². The van der Waals surface area contributed by atoms with Gasteiger partial charge in [-0.2, -0.15) is 0 Å². The average molecular weight is 398 g/mol. The van der Waals surface area contributed by atoms with Gasteiger partial charge in [0.1, 0.15) is 11.5 Å². The van der Waals surface area contributed by atoms with Crippen molar-refractivity contribution in [1.29, 1.82) is 0 Å². The lowest BCUT2D eigenvalue weighted by Crippen LogP contribution is -2.65. The number of benzene rings is 2. The zero-order chi connectivity index (χ0) is 19.9. The highest BCUT2D eigenvalue weighted by atomic mass is 32.1. The van der Waals surface area contributed by atoms with Gasteiger partial charge >= 0.3 is 5.97 Å². The molecule has 7 heteroatoms. The van der Waals surface area contributed by atoms with Crippen molar-refractivity contribution in [3.63, 3.8) is 0 Å². The lowest BCUT2D eigenvalue weighted by Gasteiger charge is -2.52. The van der Waals surface area contributed by atoms with Crippen LogP contribution >= 0.6 is 12.2 Å². The molecule has 0 radical (unpaired) electrons. The van der Waals surface area contributed by atoms with Crippen LogP contribution in [0.4, 0.5) is 5.69 Å². The number of hydrogen-bond donors (Lipinski definition) is 1. The number of ether oxygens (including phenoxy) is 3. The second kappa shape index (κ2) is 6.98. The molecule has 1 fully saturated rings. The lowest BCUT2D eigenvalue weighted by atomic mass is 9.89. The third-order valence-corrected chi connectivity index (χ3v) is 5.40. The number of carbonyl (C=O) groups is 1. The number of nitrogens with one attached hydrogen (secondary N) is 1. The molecule has 1 N–H and O–H groups in total. The van der Waals surface area contributed by atoms with E-state index in [-0.39, 0.29) is 12.0 Å². The monoisotopic (exact) mass is 398 g/mol. The Kier molecular flexibility index (Phi) is 4.63. The number of hydrogen-bond acceptors (Lipinski definition) is 5. The summed E-state index contributed by atoms with van der Waals surface area (Å²) in [6, 6.07) is 13.1. The van der Waals surface area contributed by atoms with Gasteiger partial charge < -0.3 is 19.5 Å². The molecule has 0 saturated carbocycles. The predicted molar refractivity (Wildman–Crippen MR) is 110 cm³/mol. The van der Waals surface area contributed by atoms with Gasteiger partial charge in [-0.25, -0.2) is 4.79 Å². The van der Waals surface area contributed by atoms with Crippen LogP contribution in [0.5, 0.6) is 11.5 Å². The molecule has 1 saturated heterocycles. The largest absolute Gasteiger partial charge is 0.494 e. The highest BCUT2D eigenvalue weighted by molar-refractivity contribution is 7.80. The van der Waals surface area contributed by atoms with Crippen molar-refractivity contribution < 1.29 is 19.0 Å². The molecule has 0 aromatic heterocycles. The van der Waals surface area contributed by atoms with Gasteiger partial charge in [0.05, 0.1) is 25.3 Å². The van der Waals surface area contributed by atoms with Crippen LogP contribution in [0.25, 0.3) is 0 Å². The predicted octanol–water partition coefficient (Wildman–Crippen LogP) is 3.81. The third-order valence-electron chi connectivity index (χ3n) is 5.10. The Hall–Kier alpha value is -2.80. The van der Waals surface area contributed by atoms with E-state index in [4.69, 9.17) is 26.4 Å². The van der Waals surface area contributed by atoms with E-state index in [1.165, 1.54) is 7.11 Å². The van der Waals surface area contributed by atoms with Crippen LogP contribution < -0.4 is 19.7 Å². The minimum absolute atomic E-state index is 0.0372. The summed E-state index contributed by atoms with van der Waals surface area (Å²) in [5.74, 6) is 1.18. The number of rotatable bonds is 4. The van der Waals surface area contributed by atoms with Gasteiger partial charge in [0.15, 0.2) is 10.8 Å². The van der Waals surface area contributed by atoms with E-state index in [2.05, 4.69) is 5.32 Å². The zero-order valence-corrected chi connectivity index (χ0v) is 16.8. The van der Waals surface area contributed by atoms with Gasteiger partial charge in [-0.05, 0) is 68.5 Å². The van der Waals surface area contributed by atoms with Gasteiger partial charge in [-0.1, -0.05) is 0 Å². The molecule has 2 aliphatic heterocycles. The maximum absolute atomic E-state index is 11.9. The third kappa shape index (κ3) is 3.05. The second-order valence-electron chi connectivity index (χ2n) is 6.99. The number of methoxy groups -OCH3 is 1. The van der Waals surface area contributed by atoms with Gasteiger partial charge in [0.2, 0.25) is 0 Å². The Morgan fingerprint density at radius 1 is 1.32 bits per heavy atom. The Bertz CT molecular complexity index is 931. The zero-order valence-electron chi connectivity index (χ0n) is 16.0. The van der Waals surface area contributed by atoms with E-state index in [1.54, 1.807) is 6.07 Å². The molecule has 2 aromatic carbocycles. The first-order chi connectivity index (χ1) is 13.4. The topological polar surface area (TPSA) is 60.0 Å². The quantitative estimate of drug-likeness (QED) is 0.621. The number of carbonyl (C=O) groups excluding carboxylic acids is 1. The number of fused-ring (bicyclic) bond motifs is 4. The number of nitrogens with zero attached hydrogens (tertiary/aromatic N) is 1. The molecule has 2 aromatic rings. The first-order valence-corrected chi connectivity index (χ1v) is 9.61. The first-order valence-electron chi connectivity index (χ1n) is 9.20. The van der Waals surface area contributed by atoms with Crippen LogP contribution in [0.1, 0.15) is 42.2 Å². The van der Waals surface area contributed by atoms with Gasteiger partial charge in [-0.3, -0.25) is 4.90 Å². The Labute approximate surface area is 169 Å². The van der Waals surface area contributed by atoms with Crippen LogP contribution in [-0.4, -0.2) is 30.5 Å². The van der Waals surface area contributed by atoms with Crippen LogP contribution in [0.3, 0.4) is 0 Å². The van der Waals surface area contributed by atoms with E-state index in [1.807, 2.05) is 55.1 Å². The van der Waals surface area contributed by atoms with Crippen LogP contribution in [-0.2, 0) is 4.74 Å². The molecule has 0 spiro atoms. The summed E-state index contributed by atoms with van der Waals surface area (Å²) < 4.78 is 16.8. The van der Waals surface area contributed by atoms with Crippen molar-refractivity contribution in [2.24, 2.45) is 0 Å². The fraction of sp³-hybridized carbons (Fsp3) is 0.333. The van der Waals surface area contributed by atoms with E-state index in [0.29, 0.717) is 23.7 Å². The number of thiocarbonyl (C=S) groups is 1. The van der Waals surface area contributed by atoms with Gasteiger partial charge in [0.25, 0.3) is 0 Å². The van der Waals surface area contributed by atoms with Gasteiger partial charge in [0, 0.05) is 17.7 Å². The second-order valence-corrected chi connectivity index (χ2v) is 7.38. The Morgan fingerprint density at radius 2 is 2.07 bits per heavy atom. The molecule has 28 heavy (non-hydrogen) atoms. The fourth-order valence-electron chi connectivity index (χ4n) is 3.87. The summed E-state index contributed by atoms with van der Waals surface area (Å²) in [4.78, 5) is 13.9. The minimum atomic E-state index is -0.639. The van der Waals surface area contributed by atoms with Crippen LogP contribution in [0.2, 0.25) is 0 Å². The molecular weight excluding hydrogens is 376 g/mol. The number of anilines is 1. The maximum atomic E-state index is 11.9. The molecule has 2 aliphatic rings. The molecule has 0 unspecified atom stereocenters. The smallest absolute Gasteiger partial charge is 0.337 e. The van der Waals surface area contributed by atoms with E-state index >= 15 is 0 Å². The molecule has 146 valence electrons. The van der Waals surface area contributed by atoms with E-state index in [9.17, 15) is 4.79 Å². The summed E-state index contributed by atoms with van der Waals surface area (Å²) in [6.07, 6.45) is 0.679. The van der Waals surface area contributed by atoms with Crippen molar-refractivity contribution >= 4 is 29.0 Å². The molecule has 6 nitrogen and oxygen atoms in total. The highest BCUT2D eigenvalue weighted by Crippen LogP contribution is 2.46. The standard InChI is InChI=1S/C21H22N2O4S/c1-4-26-15-8-6-14(7-9-15)23-20(28)22-17-12-21(23,2)27-18-10-5-13(11-16(17)18)19(24)25-3/h5-11,17H,4,12H2,1-3H3,(H,22,28)/t17-,21+/m0/s1. The summed E-state index contributed by atoms with van der Waals surface area (Å²) in [5.41, 5.74) is 1.70. The molecular formula is C21H22N2O4S. The molecule has 0 aliphatic carbocycles. The van der Waals surface area contributed by atoms with Crippen molar-refractivity contribution in [2.45, 2.75) is 32.0 Å². The van der Waals surface area contributed by atoms with E-state index < -0.39 is 5.72 Å². The first kappa shape index (κ1) is 18.6. The highest BCUT2D eigenvalue weighted by Gasteiger charge is 2.48. The lowest BCUT2D eigenvalue weighted by molar-refractivity contribution is 0.0494.